The highest BCUT2D eigenvalue weighted by molar-refractivity contribution is 7.89. The van der Waals surface area contributed by atoms with Crippen molar-refractivity contribution in [2.24, 2.45) is 17.8 Å². The van der Waals surface area contributed by atoms with Crippen LogP contribution >= 0.6 is 0 Å². The molecule has 8 heteroatoms. The van der Waals surface area contributed by atoms with Crippen LogP contribution < -0.4 is 5.32 Å². The lowest BCUT2D eigenvalue weighted by atomic mass is 9.77. The van der Waals surface area contributed by atoms with Crippen LogP contribution in [0.25, 0.3) is 0 Å². The van der Waals surface area contributed by atoms with E-state index in [1.54, 1.807) is 12.1 Å². The molecule has 0 spiro atoms. The van der Waals surface area contributed by atoms with Crippen molar-refractivity contribution in [2.75, 3.05) is 26.0 Å². The van der Waals surface area contributed by atoms with E-state index < -0.39 is 15.9 Å². The number of carbonyl (C=O) groups excluding carboxylic acids is 2. The molecule has 160 valence electrons. The Morgan fingerprint density at radius 1 is 1.21 bits per heavy atom. The summed E-state index contributed by atoms with van der Waals surface area (Å²) in [5.74, 6) is 0.399. The van der Waals surface area contributed by atoms with Crippen molar-refractivity contribution in [2.45, 2.75) is 50.5 Å². The first kappa shape index (κ1) is 21.8. The lowest BCUT2D eigenvalue weighted by molar-refractivity contribution is -0.131. The SMILES string of the molecule is C[C@@H]1[C@H](C)CCC[C@@H]1N1C[C@H](C(=O)Nc2cccc(S(=O)(=O)N(C)C)c2)CC1=O. The van der Waals surface area contributed by atoms with Crippen LogP contribution in [0.5, 0.6) is 0 Å². The zero-order valence-corrected chi connectivity index (χ0v) is 18.4. The van der Waals surface area contributed by atoms with Crippen molar-refractivity contribution < 1.29 is 18.0 Å². The summed E-state index contributed by atoms with van der Waals surface area (Å²) in [6.07, 6.45) is 3.51. The minimum absolute atomic E-state index is 0.0417. The number of carbonyl (C=O) groups is 2. The van der Waals surface area contributed by atoms with Crippen molar-refractivity contribution in [3.8, 4) is 0 Å². The molecule has 0 aromatic heterocycles. The summed E-state index contributed by atoms with van der Waals surface area (Å²) in [4.78, 5) is 27.4. The second kappa shape index (κ2) is 8.44. The summed E-state index contributed by atoms with van der Waals surface area (Å²) in [7, 11) is -0.649. The third-order valence-corrected chi connectivity index (χ3v) is 8.28. The number of likely N-dealkylation sites (tertiary alicyclic amines) is 1. The van der Waals surface area contributed by atoms with Crippen LogP contribution in [0.15, 0.2) is 29.2 Å². The van der Waals surface area contributed by atoms with Crippen molar-refractivity contribution in [3.05, 3.63) is 24.3 Å². The fourth-order valence-electron chi connectivity index (χ4n) is 4.41. The Morgan fingerprint density at radius 3 is 2.62 bits per heavy atom. The number of nitrogens with one attached hydrogen (secondary N) is 1. The Balaban J connectivity index is 1.69. The maximum Gasteiger partial charge on any atom is 0.242 e. The molecule has 1 aliphatic heterocycles. The molecule has 1 N–H and O–H groups in total. The van der Waals surface area contributed by atoms with Gasteiger partial charge in [-0.25, -0.2) is 12.7 Å². The molecule has 1 aliphatic carbocycles. The van der Waals surface area contributed by atoms with E-state index in [9.17, 15) is 18.0 Å². The molecular formula is C21H31N3O4S. The summed E-state index contributed by atoms with van der Waals surface area (Å²) in [6, 6.07) is 6.41. The molecule has 2 amide bonds. The van der Waals surface area contributed by atoms with Gasteiger partial charge in [0.2, 0.25) is 21.8 Å². The Kier molecular flexibility index (Phi) is 6.33. The van der Waals surface area contributed by atoms with Gasteiger partial charge in [0.15, 0.2) is 0 Å². The van der Waals surface area contributed by atoms with Crippen molar-refractivity contribution in [1.29, 1.82) is 0 Å². The van der Waals surface area contributed by atoms with E-state index in [2.05, 4.69) is 19.2 Å². The molecule has 2 fully saturated rings. The van der Waals surface area contributed by atoms with Crippen molar-refractivity contribution in [1.82, 2.24) is 9.21 Å². The molecular weight excluding hydrogens is 390 g/mol. The molecule has 3 rings (SSSR count). The van der Waals surface area contributed by atoms with Crippen LogP contribution in [0.2, 0.25) is 0 Å². The number of hydrogen-bond acceptors (Lipinski definition) is 4. The summed E-state index contributed by atoms with van der Waals surface area (Å²) in [5, 5.41) is 2.80. The number of nitrogens with zero attached hydrogens (tertiary/aromatic N) is 2. The highest BCUT2D eigenvalue weighted by Crippen LogP contribution is 2.36. The van der Waals surface area contributed by atoms with E-state index in [0.717, 1.165) is 17.1 Å². The minimum atomic E-state index is -3.58. The highest BCUT2D eigenvalue weighted by Gasteiger charge is 2.41. The number of benzene rings is 1. The zero-order chi connectivity index (χ0) is 21.3. The standard InChI is InChI=1S/C21H31N3O4S/c1-14-7-5-10-19(15(14)2)24-13-16(11-20(24)25)21(26)22-17-8-6-9-18(12-17)29(27,28)23(3)4/h6,8-9,12,14-16,19H,5,7,10-11,13H2,1-4H3,(H,22,26)/t14-,15-,16-,19+/m1/s1. The van der Waals surface area contributed by atoms with E-state index in [-0.39, 0.29) is 29.2 Å². The highest BCUT2D eigenvalue weighted by atomic mass is 32.2. The van der Waals surface area contributed by atoms with Gasteiger partial charge in [-0.1, -0.05) is 32.8 Å². The average molecular weight is 422 g/mol. The quantitative estimate of drug-likeness (QED) is 0.792. The van der Waals surface area contributed by atoms with Crippen molar-refractivity contribution >= 4 is 27.5 Å². The normalized spacial score (nSPS) is 28.0. The van der Waals surface area contributed by atoms with Crippen LogP contribution in [0, 0.1) is 17.8 Å². The first-order valence-electron chi connectivity index (χ1n) is 10.2. The molecule has 1 aromatic carbocycles. The van der Waals surface area contributed by atoms with Gasteiger partial charge in [-0.15, -0.1) is 0 Å². The van der Waals surface area contributed by atoms with Gasteiger partial charge in [0.05, 0.1) is 10.8 Å². The molecule has 29 heavy (non-hydrogen) atoms. The third kappa shape index (κ3) is 4.48. The summed E-state index contributed by atoms with van der Waals surface area (Å²) >= 11 is 0. The van der Waals surface area contributed by atoms with E-state index in [1.807, 2.05) is 4.90 Å². The molecule has 7 nitrogen and oxygen atoms in total. The van der Waals surface area contributed by atoms with Crippen LogP contribution in [0.1, 0.15) is 39.5 Å². The van der Waals surface area contributed by atoms with Gasteiger partial charge >= 0.3 is 0 Å². The van der Waals surface area contributed by atoms with Gasteiger partial charge in [0.1, 0.15) is 0 Å². The largest absolute Gasteiger partial charge is 0.339 e. The monoisotopic (exact) mass is 421 g/mol. The van der Waals surface area contributed by atoms with Gasteiger partial charge in [0, 0.05) is 38.8 Å². The zero-order valence-electron chi connectivity index (χ0n) is 17.6. The molecule has 1 saturated heterocycles. The molecule has 2 aliphatic rings. The third-order valence-electron chi connectivity index (χ3n) is 6.47. The maximum absolute atomic E-state index is 12.8. The van der Waals surface area contributed by atoms with Crippen LogP contribution in [-0.4, -0.2) is 56.1 Å². The molecule has 1 aromatic rings. The first-order chi connectivity index (χ1) is 13.6. The van der Waals surface area contributed by atoms with Gasteiger partial charge in [-0.05, 0) is 36.5 Å². The summed E-state index contributed by atoms with van der Waals surface area (Å²) in [5.41, 5.74) is 0.420. The van der Waals surface area contributed by atoms with Gasteiger partial charge in [-0.2, -0.15) is 0 Å². The number of sulfonamides is 1. The number of hydrogen-bond donors (Lipinski definition) is 1. The van der Waals surface area contributed by atoms with Crippen LogP contribution in [0.4, 0.5) is 5.69 Å². The Hall–Kier alpha value is -1.93. The first-order valence-corrected chi connectivity index (χ1v) is 11.7. The minimum Gasteiger partial charge on any atom is -0.339 e. The predicted molar refractivity (Wildman–Crippen MR) is 112 cm³/mol. The van der Waals surface area contributed by atoms with Crippen molar-refractivity contribution in [3.63, 3.8) is 0 Å². The summed E-state index contributed by atoms with van der Waals surface area (Å²) < 4.78 is 25.7. The number of amides is 2. The second-order valence-corrected chi connectivity index (χ2v) is 10.7. The fourth-order valence-corrected chi connectivity index (χ4v) is 5.36. The molecule has 1 saturated carbocycles. The molecule has 4 atom stereocenters. The van der Waals surface area contributed by atoms with E-state index in [0.29, 0.717) is 24.1 Å². The topological polar surface area (TPSA) is 86.8 Å². The molecule has 0 bridgehead atoms. The van der Waals surface area contributed by atoms with Gasteiger partial charge in [0.25, 0.3) is 0 Å². The average Bonchev–Trinajstić information content (AvgIpc) is 3.06. The number of rotatable bonds is 5. The fraction of sp³-hybridized carbons (Fsp3) is 0.619. The van der Waals surface area contributed by atoms with Gasteiger partial charge in [-0.3, -0.25) is 9.59 Å². The molecule has 1 heterocycles. The van der Waals surface area contributed by atoms with Crippen LogP contribution in [0.3, 0.4) is 0 Å². The lowest BCUT2D eigenvalue weighted by Gasteiger charge is -2.40. The van der Waals surface area contributed by atoms with E-state index in [1.165, 1.54) is 32.6 Å². The summed E-state index contributed by atoms with van der Waals surface area (Å²) in [6.45, 7) is 4.87. The van der Waals surface area contributed by atoms with E-state index >= 15 is 0 Å². The second-order valence-electron chi connectivity index (χ2n) is 8.59. The predicted octanol–water partition coefficient (Wildman–Crippen LogP) is 2.55. The molecule has 0 radical (unpaired) electrons. The molecule has 0 unspecified atom stereocenters. The Bertz CT molecular complexity index is 884. The van der Waals surface area contributed by atoms with Gasteiger partial charge < -0.3 is 10.2 Å². The Labute approximate surface area is 173 Å². The maximum atomic E-state index is 12.8. The smallest absolute Gasteiger partial charge is 0.242 e. The van der Waals surface area contributed by atoms with Crippen LogP contribution in [-0.2, 0) is 19.6 Å². The lowest BCUT2D eigenvalue weighted by Crippen LogP contribution is -2.45. The number of anilines is 1. The Morgan fingerprint density at radius 2 is 1.93 bits per heavy atom. The van der Waals surface area contributed by atoms with E-state index in [4.69, 9.17) is 0 Å².